The zero-order valence-corrected chi connectivity index (χ0v) is 10.2. The van der Waals surface area contributed by atoms with Gasteiger partial charge in [0.2, 0.25) is 0 Å². The van der Waals surface area contributed by atoms with Gasteiger partial charge in [-0.15, -0.1) is 0 Å². The Balaban J connectivity index is 2.21. The third kappa shape index (κ3) is 2.52. The molecule has 0 heterocycles. The number of rotatable bonds is 4. The highest BCUT2D eigenvalue weighted by atomic mass is 16.4. The van der Waals surface area contributed by atoms with Crippen LogP contribution in [-0.4, -0.2) is 16.6 Å². The Labute approximate surface area is 101 Å². The lowest BCUT2D eigenvalue weighted by atomic mass is 9.98. The van der Waals surface area contributed by atoms with Gasteiger partial charge in [0.05, 0.1) is 5.56 Å². The molecular formula is C13H18N2O2. The highest BCUT2D eigenvalue weighted by Crippen LogP contribution is 2.41. The maximum atomic E-state index is 11.0. The summed E-state index contributed by atoms with van der Waals surface area (Å²) in [6, 6.07) is 5.06. The summed E-state index contributed by atoms with van der Waals surface area (Å²) < 4.78 is 0. The number of nitrogen functional groups attached to an aromatic ring is 1. The van der Waals surface area contributed by atoms with Crippen LogP contribution in [0.25, 0.3) is 0 Å². The maximum absolute atomic E-state index is 11.0. The highest BCUT2D eigenvalue weighted by molar-refractivity contribution is 5.94. The lowest BCUT2D eigenvalue weighted by Gasteiger charge is -2.27. The van der Waals surface area contributed by atoms with E-state index < -0.39 is 5.97 Å². The fourth-order valence-electron chi connectivity index (χ4n) is 2.10. The molecule has 1 fully saturated rings. The van der Waals surface area contributed by atoms with Crippen molar-refractivity contribution in [3.63, 3.8) is 0 Å². The molecule has 4 heteroatoms. The van der Waals surface area contributed by atoms with E-state index in [1.807, 2.05) is 6.07 Å². The normalized spacial score (nSPS) is 15.6. The van der Waals surface area contributed by atoms with E-state index >= 15 is 0 Å². The number of hydrogen-bond donors (Lipinski definition) is 3. The van der Waals surface area contributed by atoms with E-state index in [9.17, 15) is 4.79 Å². The van der Waals surface area contributed by atoms with Crippen molar-refractivity contribution >= 4 is 17.3 Å². The summed E-state index contributed by atoms with van der Waals surface area (Å²) in [6.45, 7) is 4.28. The minimum Gasteiger partial charge on any atom is -0.478 e. The molecule has 1 aliphatic carbocycles. The van der Waals surface area contributed by atoms with Crippen LogP contribution in [0.2, 0.25) is 0 Å². The molecule has 0 spiro atoms. The second kappa shape index (κ2) is 3.95. The quantitative estimate of drug-likeness (QED) is 0.700. The molecule has 0 aromatic heterocycles. The van der Waals surface area contributed by atoms with Crippen molar-refractivity contribution in [2.75, 3.05) is 11.1 Å². The molecule has 92 valence electrons. The van der Waals surface area contributed by atoms with Crippen LogP contribution < -0.4 is 11.1 Å². The minimum atomic E-state index is -0.990. The second-order valence-electron chi connectivity index (χ2n) is 5.23. The van der Waals surface area contributed by atoms with Crippen molar-refractivity contribution in [3.8, 4) is 0 Å². The Morgan fingerprint density at radius 1 is 1.47 bits per heavy atom. The molecule has 0 atom stereocenters. The summed E-state index contributed by atoms with van der Waals surface area (Å²) >= 11 is 0. The molecule has 1 aromatic carbocycles. The lowest BCUT2D eigenvalue weighted by Crippen LogP contribution is -2.33. The Morgan fingerprint density at radius 3 is 2.65 bits per heavy atom. The molecule has 0 bridgehead atoms. The van der Waals surface area contributed by atoms with Crippen molar-refractivity contribution < 1.29 is 9.90 Å². The molecular weight excluding hydrogens is 216 g/mol. The molecule has 1 aliphatic rings. The van der Waals surface area contributed by atoms with Gasteiger partial charge in [-0.25, -0.2) is 4.79 Å². The van der Waals surface area contributed by atoms with Crippen molar-refractivity contribution in [2.45, 2.75) is 32.2 Å². The third-order valence-electron chi connectivity index (χ3n) is 3.35. The molecule has 0 unspecified atom stereocenters. The van der Waals surface area contributed by atoms with Gasteiger partial charge in [-0.3, -0.25) is 0 Å². The first-order valence-corrected chi connectivity index (χ1v) is 5.81. The monoisotopic (exact) mass is 234 g/mol. The molecule has 2 rings (SSSR count). The average Bonchev–Trinajstić information content (AvgIpc) is 3.03. The van der Waals surface area contributed by atoms with Crippen LogP contribution in [0.3, 0.4) is 0 Å². The number of nitrogens with one attached hydrogen (secondary N) is 1. The molecule has 0 saturated heterocycles. The zero-order valence-electron chi connectivity index (χ0n) is 10.2. The second-order valence-corrected chi connectivity index (χ2v) is 5.23. The van der Waals surface area contributed by atoms with E-state index in [0.29, 0.717) is 11.6 Å². The van der Waals surface area contributed by atoms with Crippen LogP contribution >= 0.6 is 0 Å². The first-order valence-electron chi connectivity index (χ1n) is 5.81. The van der Waals surface area contributed by atoms with Crippen LogP contribution in [0.4, 0.5) is 11.4 Å². The minimum absolute atomic E-state index is 0.00584. The van der Waals surface area contributed by atoms with Crippen LogP contribution in [-0.2, 0) is 0 Å². The van der Waals surface area contributed by atoms with Crippen molar-refractivity contribution in [1.29, 1.82) is 0 Å². The number of carbonyl (C=O) groups is 1. The van der Waals surface area contributed by atoms with Gasteiger partial charge >= 0.3 is 5.97 Å². The van der Waals surface area contributed by atoms with Gasteiger partial charge in [0.1, 0.15) is 0 Å². The largest absolute Gasteiger partial charge is 0.478 e. The Morgan fingerprint density at radius 2 is 2.12 bits per heavy atom. The van der Waals surface area contributed by atoms with E-state index in [2.05, 4.69) is 19.2 Å². The molecule has 4 nitrogen and oxygen atoms in total. The van der Waals surface area contributed by atoms with Gasteiger partial charge in [0.25, 0.3) is 0 Å². The van der Waals surface area contributed by atoms with E-state index in [0.717, 1.165) is 5.69 Å². The van der Waals surface area contributed by atoms with Crippen LogP contribution in [0.5, 0.6) is 0 Å². The van der Waals surface area contributed by atoms with Crippen LogP contribution in [0.15, 0.2) is 18.2 Å². The van der Waals surface area contributed by atoms with Crippen molar-refractivity contribution in [1.82, 2.24) is 0 Å². The molecule has 1 aromatic rings. The highest BCUT2D eigenvalue weighted by Gasteiger charge is 2.37. The predicted octanol–water partition coefficient (Wildman–Crippen LogP) is 2.57. The van der Waals surface area contributed by atoms with Gasteiger partial charge in [0.15, 0.2) is 0 Å². The number of aromatic carboxylic acids is 1. The number of hydrogen-bond acceptors (Lipinski definition) is 3. The molecule has 4 N–H and O–H groups in total. The van der Waals surface area contributed by atoms with E-state index in [1.165, 1.54) is 12.8 Å². The summed E-state index contributed by atoms with van der Waals surface area (Å²) in [5.74, 6) is -0.316. The Hall–Kier alpha value is -1.71. The average molecular weight is 234 g/mol. The summed E-state index contributed by atoms with van der Waals surface area (Å²) in [4.78, 5) is 11.0. The molecule has 17 heavy (non-hydrogen) atoms. The first-order chi connectivity index (χ1) is 7.90. The van der Waals surface area contributed by atoms with E-state index in [4.69, 9.17) is 10.8 Å². The van der Waals surface area contributed by atoms with Crippen molar-refractivity contribution in [2.24, 2.45) is 5.92 Å². The zero-order chi connectivity index (χ0) is 12.6. The number of carboxylic acids is 1. The molecule has 0 aliphatic heterocycles. The van der Waals surface area contributed by atoms with Gasteiger partial charge in [0, 0.05) is 16.9 Å². The maximum Gasteiger partial charge on any atom is 0.337 e. The van der Waals surface area contributed by atoms with E-state index in [1.54, 1.807) is 12.1 Å². The van der Waals surface area contributed by atoms with E-state index in [-0.39, 0.29) is 11.1 Å². The summed E-state index contributed by atoms with van der Waals surface area (Å²) in [7, 11) is 0. The smallest absolute Gasteiger partial charge is 0.337 e. The molecule has 1 saturated carbocycles. The Kier molecular flexibility index (Phi) is 2.73. The SMILES string of the molecule is CC(C)(Nc1ccc(N)c(C(=O)O)c1)C1CC1. The fraction of sp³-hybridized carbons (Fsp3) is 0.462. The van der Waals surface area contributed by atoms with Crippen LogP contribution in [0.1, 0.15) is 37.0 Å². The number of nitrogens with two attached hydrogens (primary N) is 1. The van der Waals surface area contributed by atoms with Crippen LogP contribution in [0, 0.1) is 5.92 Å². The molecule has 0 amide bonds. The van der Waals surface area contributed by atoms with Gasteiger partial charge < -0.3 is 16.2 Å². The van der Waals surface area contributed by atoms with Gasteiger partial charge in [-0.05, 0) is 50.8 Å². The summed E-state index contributed by atoms with van der Waals surface area (Å²) in [6.07, 6.45) is 2.47. The number of anilines is 2. The fourth-order valence-corrected chi connectivity index (χ4v) is 2.10. The standard InChI is InChI=1S/C13H18N2O2/c1-13(2,8-3-4-8)15-9-5-6-11(14)10(7-9)12(16)17/h5-8,15H,3-4,14H2,1-2H3,(H,16,17). The number of carboxylic acid groups (broad SMARTS) is 1. The summed E-state index contributed by atoms with van der Waals surface area (Å²) in [5.41, 5.74) is 6.89. The van der Waals surface area contributed by atoms with Gasteiger partial charge in [-0.2, -0.15) is 0 Å². The lowest BCUT2D eigenvalue weighted by molar-refractivity contribution is 0.0698. The van der Waals surface area contributed by atoms with Gasteiger partial charge in [-0.1, -0.05) is 0 Å². The predicted molar refractivity (Wildman–Crippen MR) is 68.2 cm³/mol. The number of benzene rings is 1. The Bertz CT molecular complexity index is 451. The summed E-state index contributed by atoms with van der Waals surface area (Å²) in [5, 5.41) is 12.4. The third-order valence-corrected chi connectivity index (χ3v) is 3.35. The molecule has 0 radical (unpaired) electrons. The topological polar surface area (TPSA) is 75.3 Å². The first kappa shape index (κ1) is 11.8. The van der Waals surface area contributed by atoms with Crippen molar-refractivity contribution in [3.05, 3.63) is 23.8 Å².